The smallest absolute Gasteiger partial charge is 0.0810 e. The Labute approximate surface area is 115 Å². The first-order chi connectivity index (χ1) is 9.20. The van der Waals surface area contributed by atoms with Gasteiger partial charge < -0.3 is 0 Å². The van der Waals surface area contributed by atoms with Crippen LogP contribution in [-0.2, 0) is 0 Å². The van der Waals surface area contributed by atoms with E-state index in [-0.39, 0.29) is 0 Å². The van der Waals surface area contributed by atoms with Crippen LogP contribution in [0.4, 0.5) is 0 Å². The molecular formula is C18H15B. The highest BCUT2D eigenvalue weighted by Crippen LogP contribution is 2.29. The summed E-state index contributed by atoms with van der Waals surface area (Å²) in [5, 5.41) is 2.39. The van der Waals surface area contributed by atoms with Gasteiger partial charge in [-0.25, -0.2) is 0 Å². The molecule has 1 heteroatoms. The zero-order valence-corrected chi connectivity index (χ0v) is 11.3. The summed E-state index contributed by atoms with van der Waals surface area (Å²) in [4.78, 5) is 0. The normalized spacial score (nSPS) is 10.8. The molecule has 0 bridgehead atoms. The molecule has 0 saturated heterocycles. The molecular weight excluding hydrogens is 227 g/mol. The Hall–Kier alpha value is -2.02. The lowest BCUT2D eigenvalue weighted by molar-refractivity contribution is 1.38. The zero-order chi connectivity index (χ0) is 13.4. The SMILES string of the molecule is [B]c1c(-c2ccccc2)c(C)c(C)c2ccccc12. The minimum absolute atomic E-state index is 0.880. The summed E-state index contributed by atoms with van der Waals surface area (Å²) >= 11 is 0. The molecule has 0 saturated carbocycles. The van der Waals surface area contributed by atoms with Crippen LogP contribution in [0.5, 0.6) is 0 Å². The Morgan fingerprint density at radius 1 is 0.684 bits per heavy atom. The lowest BCUT2D eigenvalue weighted by atomic mass is 9.78. The first kappa shape index (κ1) is 12.0. The summed E-state index contributed by atoms with van der Waals surface area (Å²) in [5.41, 5.74) is 5.80. The fraction of sp³-hybridized carbons (Fsp3) is 0.111. The van der Waals surface area contributed by atoms with Crippen molar-refractivity contribution in [1.82, 2.24) is 0 Å². The van der Waals surface area contributed by atoms with Crippen LogP contribution in [0.15, 0.2) is 54.6 Å². The lowest BCUT2D eigenvalue weighted by Crippen LogP contribution is -2.12. The van der Waals surface area contributed by atoms with Gasteiger partial charge in [-0.1, -0.05) is 60.1 Å². The maximum absolute atomic E-state index is 6.42. The van der Waals surface area contributed by atoms with E-state index in [9.17, 15) is 0 Å². The quantitative estimate of drug-likeness (QED) is 0.567. The molecule has 0 atom stereocenters. The molecule has 0 heterocycles. The van der Waals surface area contributed by atoms with Gasteiger partial charge in [0, 0.05) is 0 Å². The minimum Gasteiger partial charge on any atom is -0.0810 e. The zero-order valence-electron chi connectivity index (χ0n) is 11.3. The second-order valence-electron chi connectivity index (χ2n) is 4.95. The molecule has 0 amide bonds. The van der Waals surface area contributed by atoms with Crippen molar-refractivity contribution >= 4 is 24.1 Å². The number of rotatable bonds is 1. The Bertz CT molecular complexity index is 742. The van der Waals surface area contributed by atoms with Gasteiger partial charge in [0.2, 0.25) is 0 Å². The highest BCUT2D eigenvalue weighted by Gasteiger charge is 2.12. The first-order valence-electron chi connectivity index (χ1n) is 6.53. The maximum Gasteiger partial charge on any atom is 0.115 e. The van der Waals surface area contributed by atoms with E-state index in [4.69, 9.17) is 7.85 Å². The Kier molecular flexibility index (Phi) is 2.90. The second-order valence-corrected chi connectivity index (χ2v) is 4.95. The van der Waals surface area contributed by atoms with Crippen LogP contribution in [-0.4, -0.2) is 7.85 Å². The predicted molar refractivity (Wildman–Crippen MR) is 84.2 cm³/mol. The molecule has 0 aromatic heterocycles. The second kappa shape index (κ2) is 4.58. The molecule has 0 spiro atoms. The van der Waals surface area contributed by atoms with Gasteiger partial charge in [-0.05, 0) is 46.9 Å². The average Bonchev–Trinajstić information content (AvgIpc) is 2.46. The predicted octanol–water partition coefficient (Wildman–Crippen LogP) is 3.92. The molecule has 2 radical (unpaired) electrons. The van der Waals surface area contributed by atoms with E-state index in [0.717, 1.165) is 16.4 Å². The monoisotopic (exact) mass is 242 g/mol. The third-order valence-corrected chi connectivity index (χ3v) is 3.89. The molecule has 3 rings (SSSR count). The third kappa shape index (κ3) is 1.86. The largest absolute Gasteiger partial charge is 0.115 e. The van der Waals surface area contributed by atoms with E-state index >= 15 is 0 Å². The number of hydrogen-bond donors (Lipinski definition) is 0. The van der Waals surface area contributed by atoms with E-state index in [1.807, 2.05) is 12.1 Å². The van der Waals surface area contributed by atoms with Crippen LogP contribution in [0.3, 0.4) is 0 Å². The first-order valence-corrected chi connectivity index (χ1v) is 6.53. The van der Waals surface area contributed by atoms with Crippen LogP contribution in [0.25, 0.3) is 21.9 Å². The van der Waals surface area contributed by atoms with Crippen molar-refractivity contribution in [2.45, 2.75) is 13.8 Å². The molecule has 0 nitrogen and oxygen atoms in total. The van der Waals surface area contributed by atoms with Gasteiger partial charge in [0.15, 0.2) is 0 Å². The van der Waals surface area contributed by atoms with Gasteiger partial charge in [0.25, 0.3) is 0 Å². The highest BCUT2D eigenvalue weighted by atomic mass is 14.1. The van der Waals surface area contributed by atoms with Gasteiger partial charge in [0.1, 0.15) is 7.85 Å². The number of benzene rings is 3. The van der Waals surface area contributed by atoms with Gasteiger partial charge in [-0.15, -0.1) is 0 Å². The van der Waals surface area contributed by atoms with Crippen LogP contribution < -0.4 is 5.46 Å². The van der Waals surface area contributed by atoms with Gasteiger partial charge in [0.05, 0.1) is 0 Å². The van der Waals surface area contributed by atoms with E-state index in [2.05, 4.69) is 56.3 Å². The highest BCUT2D eigenvalue weighted by molar-refractivity contribution is 6.42. The Morgan fingerprint density at radius 3 is 1.95 bits per heavy atom. The van der Waals surface area contributed by atoms with Crippen molar-refractivity contribution in [2.75, 3.05) is 0 Å². The maximum atomic E-state index is 6.42. The van der Waals surface area contributed by atoms with Crippen molar-refractivity contribution in [3.05, 3.63) is 65.7 Å². The van der Waals surface area contributed by atoms with Gasteiger partial charge in [-0.2, -0.15) is 0 Å². The minimum atomic E-state index is 0.880. The topological polar surface area (TPSA) is 0 Å². The van der Waals surface area contributed by atoms with E-state index in [1.165, 1.54) is 22.1 Å². The molecule has 0 aliphatic heterocycles. The van der Waals surface area contributed by atoms with Crippen LogP contribution in [0.2, 0.25) is 0 Å². The molecule has 0 aliphatic rings. The third-order valence-electron chi connectivity index (χ3n) is 3.89. The van der Waals surface area contributed by atoms with Crippen molar-refractivity contribution in [3.63, 3.8) is 0 Å². The molecule has 19 heavy (non-hydrogen) atoms. The van der Waals surface area contributed by atoms with E-state index in [1.54, 1.807) is 0 Å². The standard InChI is InChI=1S/C18H15B/c1-12-13(2)17(14-8-4-3-5-9-14)18(19)16-11-7-6-10-15(12)16/h3-11H,1-2H3. The van der Waals surface area contributed by atoms with Gasteiger partial charge in [-0.3, -0.25) is 0 Å². The summed E-state index contributed by atoms with van der Waals surface area (Å²) in [6, 6.07) is 18.7. The van der Waals surface area contributed by atoms with Crippen molar-refractivity contribution in [1.29, 1.82) is 0 Å². The summed E-state index contributed by atoms with van der Waals surface area (Å²) < 4.78 is 0. The molecule has 3 aromatic rings. The van der Waals surface area contributed by atoms with Crippen molar-refractivity contribution in [3.8, 4) is 11.1 Å². The summed E-state index contributed by atoms with van der Waals surface area (Å²) in [6.07, 6.45) is 0. The molecule has 90 valence electrons. The Morgan fingerprint density at radius 2 is 1.26 bits per heavy atom. The average molecular weight is 242 g/mol. The number of aryl methyl sites for hydroxylation is 1. The summed E-state index contributed by atoms with van der Waals surface area (Å²) in [7, 11) is 6.42. The summed E-state index contributed by atoms with van der Waals surface area (Å²) in [6.45, 7) is 4.32. The van der Waals surface area contributed by atoms with E-state index < -0.39 is 0 Å². The Balaban J connectivity index is 2.44. The number of fused-ring (bicyclic) bond motifs is 1. The molecule has 3 aromatic carbocycles. The van der Waals surface area contributed by atoms with E-state index in [0.29, 0.717) is 0 Å². The van der Waals surface area contributed by atoms with Crippen molar-refractivity contribution < 1.29 is 0 Å². The molecule has 0 unspecified atom stereocenters. The lowest BCUT2D eigenvalue weighted by Gasteiger charge is -2.17. The fourth-order valence-electron chi connectivity index (χ4n) is 2.75. The molecule has 0 aliphatic carbocycles. The van der Waals surface area contributed by atoms with Crippen LogP contribution >= 0.6 is 0 Å². The summed E-state index contributed by atoms with van der Waals surface area (Å²) in [5.74, 6) is 0. The van der Waals surface area contributed by atoms with Crippen LogP contribution in [0, 0.1) is 13.8 Å². The molecule has 0 fully saturated rings. The van der Waals surface area contributed by atoms with Crippen LogP contribution in [0.1, 0.15) is 11.1 Å². The van der Waals surface area contributed by atoms with Gasteiger partial charge >= 0.3 is 0 Å². The van der Waals surface area contributed by atoms with Crippen molar-refractivity contribution in [2.24, 2.45) is 0 Å². The fourth-order valence-corrected chi connectivity index (χ4v) is 2.75. The molecule has 0 N–H and O–H groups in total. The number of hydrogen-bond acceptors (Lipinski definition) is 0.